The Morgan fingerprint density at radius 3 is 3.13 bits per heavy atom. The number of carbonyl (C=O) groups is 1. The highest BCUT2D eigenvalue weighted by Crippen LogP contribution is 2.30. The molecule has 8 nitrogen and oxygen atoms in total. The Labute approximate surface area is 180 Å². The van der Waals surface area contributed by atoms with Gasteiger partial charge in [-0.3, -0.25) is 4.79 Å². The van der Waals surface area contributed by atoms with Crippen LogP contribution in [-0.4, -0.2) is 63.9 Å². The van der Waals surface area contributed by atoms with Gasteiger partial charge in [-0.25, -0.2) is 4.52 Å². The number of benzene rings is 1. The molecule has 8 heteroatoms. The molecule has 2 aromatic heterocycles. The van der Waals surface area contributed by atoms with Crippen molar-refractivity contribution in [3.8, 4) is 17.0 Å². The van der Waals surface area contributed by atoms with E-state index >= 15 is 0 Å². The van der Waals surface area contributed by atoms with Gasteiger partial charge in [-0.1, -0.05) is 12.7 Å². The molecule has 0 radical (unpaired) electrons. The van der Waals surface area contributed by atoms with E-state index < -0.39 is 6.10 Å². The van der Waals surface area contributed by atoms with Crippen LogP contribution in [0.25, 0.3) is 22.9 Å². The molecule has 4 heterocycles. The maximum atomic E-state index is 12.9. The molecule has 0 spiro atoms. The first kappa shape index (κ1) is 19.6. The summed E-state index contributed by atoms with van der Waals surface area (Å²) in [5, 5.41) is 7.89. The molecule has 5 rings (SSSR count). The molecule has 1 fully saturated rings. The standard InChI is InChI=1S/C23H25N5O3/c1-3-15-9-16-11-17(10-15)24-6-8-27-18(12-20(23(27)29)30-4-2)14-31-21-5-7-28-22(26-21)19(16)13-25-28/h3,5,7,9-11,13,18,20,24H,1,4,6,8,12,14H2,2H3/t18?,20-/m1/s1. The normalized spacial score (nSPS) is 20.8. The molecule has 0 saturated carbocycles. The fourth-order valence-corrected chi connectivity index (χ4v) is 4.30. The number of nitrogens with zero attached hydrogens (tertiary/aromatic N) is 4. The highest BCUT2D eigenvalue weighted by Gasteiger charge is 2.40. The summed E-state index contributed by atoms with van der Waals surface area (Å²) in [6.45, 7) is 7.89. The van der Waals surface area contributed by atoms with Crippen LogP contribution >= 0.6 is 0 Å². The van der Waals surface area contributed by atoms with Crippen molar-refractivity contribution in [3.63, 3.8) is 0 Å². The number of carbonyl (C=O) groups excluding carboxylic acids is 1. The van der Waals surface area contributed by atoms with Crippen molar-refractivity contribution in [3.05, 3.63) is 48.8 Å². The predicted molar refractivity (Wildman–Crippen MR) is 118 cm³/mol. The number of anilines is 1. The van der Waals surface area contributed by atoms with E-state index in [1.165, 1.54) is 0 Å². The van der Waals surface area contributed by atoms with Crippen molar-refractivity contribution in [1.82, 2.24) is 19.5 Å². The minimum atomic E-state index is -0.415. The molecule has 1 unspecified atom stereocenters. The third kappa shape index (κ3) is 3.63. The van der Waals surface area contributed by atoms with Crippen LogP contribution in [0.2, 0.25) is 0 Å². The summed E-state index contributed by atoms with van der Waals surface area (Å²) in [5.74, 6) is 0.531. The Morgan fingerprint density at radius 1 is 1.39 bits per heavy atom. The van der Waals surface area contributed by atoms with E-state index in [-0.39, 0.29) is 11.9 Å². The number of rotatable bonds is 3. The minimum absolute atomic E-state index is 0.0198. The fourth-order valence-electron chi connectivity index (χ4n) is 4.30. The van der Waals surface area contributed by atoms with Gasteiger partial charge in [-0.05, 0) is 36.2 Å². The Hall–Kier alpha value is -3.39. The van der Waals surface area contributed by atoms with Gasteiger partial charge in [0, 0.05) is 49.6 Å². The average Bonchev–Trinajstić information content (AvgIpc) is 3.33. The summed E-state index contributed by atoms with van der Waals surface area (Å²) >= 11 is 0. The maximum Gasteiger partial charge on any atom is 0.252 e. The molecule has 1 amide bonds. The smallest absolute Gasteiger partial charge is 0.252 e. The Bertz CT molecular complexity index is 1140. The van der Waals surface area contributed by atoms with Gasteiger partial charge in [-0.2, -0.15) is 10.1 Å². The number of fused-ring (bicyclic) bond motifs is 5. The van der Waals surface area contributed by atoms with Gasteiger partial charge in [0.15, 0.2) is 5.65 Å². The highest BCUT2D eigenvalue weighted by molar-refractivity contribution is 5.84. The van der Waals surface area contributed by atoms with Crippen LogP contribution in [0.3, 0.4) is 0 Å². The molecule has 0 aliphatic carbocycles. The second-order valence-electron chi connectivity index (χ2n) is 7.74. The van der Waals surface area contributed by atoms with Crippen LogP contribution in [0.5, 0.6) is 5.88 Å². The van der Waals surface area contributed by atoms with Crippen molar-refractivity contribution in [1.29, 1.82) is 0 Å². The van der Waals surface area contributed by atoms with Crippen molar-refractivity contribution >= 4 is 23.3 Å². The lowest BCUT2D eigenvalue weighted by atomic mass is 10.0. The molecular formula is C23H25N5O3. The van der Waals surface area contributed by atoms with Crippen LogP contribution in [0.1, 0.15) is 18.9 Å². The fraction of sp³-hybridized carbons (Fsp3) is 0.348. The molecule has 1 saturated heterocycles. The van der Waals surface area contributed by atoms with E-state index in [1.807, 2.05) is 36.4 Å². The molecule has 31 heavy (non-hydrogen) atoms. The summed E-state index contributed by atoms with van der Waals surface area (Å²) in [6.07, 6.45) is 5.67. The van der Waals surface area contributed by atoms with Crippen molar-refractivity contribution in [2.45, 2.75) is 25.5 Å². The first-order chi connectivity index (χ1) is 15.2. The zero-order valence-corrected chi connectivity index (χ0v) is 17.5. The summed E-state index contributed by atoms with van der Waals surface area (Å²) < 4.78 is 13.4. The summed E-state index contributed by atoms with van der Waals surface area (Å²) in [5.41, 5.74) is 4.57. The van der Waals surface area contributed by atoms with E-state index in [4.69, 9.17) is 14.5 Å². The van der Waals surface area contributed by atoms with Crippen molar-refractivity contribution in [2.75, 3.05) is 31.6 Å². The van der Waals surface area contributed by atoms with E-state index in [0.717, 1.165) is 22.4 Å². The average molecular weight is 419 g/mol. The van der Waals surface area contributed by atoms with Crippen LogP contribution in [-0.2, 0) is 9.53 Å². The third-order valence-electron chi connectivity index (χ3n) is 5.80. The maximum absolute atomic E-state index is 12.9. The predicted octanol–water partition coefficient (Wildman–Crippen LogP) is 2.85. The van der Waals surface area contributed by atoms with Gasteiger partial charge >= 0.3 is 0 Å². The number of hydrogen-bond donors (Lipinski definition) is 1. The first-order valence-corrected chi connectivity index (χ1v) is 10.6. The van der Waals surface area contributed by atoms with Gasteiger partial charge in [0.2, 0.25) is 5.88 Å². The molecule has 160 valence electrons. The molecule has 2 aliphatic rings. The molecule has 1 aromatic carbocycles. The lowest BCUT2D eigenvalue weighted by Gasteiger charge is -2.25. The number of ether oxygens (including phenoxy) is 2. The largest absolute Gasteiger partial charge is 0.475 e. The summed E-state index contributed by atoms with van der Waals surface area (Å²) in [7, 11) is 0. The Morgan fingerprint density at radius 2 is 2.29 bits per heavy atom. The van der Waals surface area contributed by atoms with E-state index in [0.29, 0.717) is 44.3 Å². The second kappa shape index (κ2) is 8.03. The molecule has 4 bridgehead atoms. The van der Waals surface area contributed by atoms with Gasteiger partial charge in [0.05, 0.1) is 12.2 Å². The van der Waals surface area contributed by atoms with Crippen LogP contribution in [0.4, 0.5) is 5.69 Å². The molecule has 1 N–H and O–H groups in total. The lowest BCUT2D eigenvalue weighted by molar-refractivity contribution is -0.137. The number of nitrogens with one attached hydrogen (secondary N) is 1. The zero-order chi connectivity index (χ0) is 21.4. The van der Waals surface area contributed by atoms with Gasteiger partial charge in [0.1, 0.15) is 12.7 Å². The zero-order valence-electron chi connectivity index (χ0n) is 17.5. The number of amides is 1. The van der Waals surface area contributed by atoms with E-state index in [1.54, 1.807) is 10.6 Å². The van der Waals surface area contributed by atoms with Gasteiger partial charge in [-0.15, -0.1) is 0 Å². The molecular weight excluding hydrogens is 394 g/mol. The lowest BCUT2D eigenvalue weighted by Crippen LogP contribution is -2.41. The first-order valence-electron chi connectivity index (χ1n) is 10.6. The Balaban J connectivity index is 1.56. The Kier molecular flexibility index (Phi) is 5.07. The van der Waals surface area contributed by atoms with E-state index in [2.05, 4.69) is 29.1 Å². The SMILES string of the molecule is C=Cc1cc2cc(c1)-c1cnn3ccc(nc13)OCC1C[C@@H](OCC)C(=O)N1CCN2. The van der Waals surface area contributed by atoms with Crippen LogP contribution in [0.15, 0.2) is 43.2 Å². The number of aromatic nitrogens is 3. The number of hydrogen-bond acceptors (Lipinski definition) is 6. The van der Waals surface area contributed by atoms with Crippen LogP contribution in [0, 0.1) is 0 Å². The molecule has 2 atom stereocenters. The van der Waals surface area contributed by atoms with Crippen molar-refractivity contribution < 1.29 is 14.3 Å². The van der Waals surface area contributed by atoms with Gasteiger partial charge < -0.3 is 19.7 Å². The summed E-state index contributed by atoms with van der Waals surface area (Å²) in [4.78, 5) is 19.4. The molecule has 2 aliphatic heterocycles. The third-order valence-corrected chi connectivity index (χ3v) is 5.80. The monoisotopic (exact) mass is 419 g/mol. The summed E-state index contributed by atoms with van der Waals surface area (Å²) in [6, 6.07) is 7.90. The second-order valence-corrected chi connectivity index (χ2v) is 7.74. The topological polar surface area (TPSA) is 81.0 Å². The highest BCUT2D eigenvalue weighted by atomic mass is 16.5. The van der Waals surface area contributed by atoms with Gasteiger partial charge in [0.25, 0.3) is 5.91 Å². The molecule has 3 aromatic rings. The van der Waals surface area contributed by atoms with E-state index in [9.17, 15) is 4.79 Å². The van der Waals surface area contributed by atoms with Crippen molar-refractivity contribution in [2.24, 2.45) is 0 Å². The minimum Gasteiger partial charge on any atom is -0.475 e. The van der Waals surface area contributed by atoms with Crippen LogP contribution < -0.4 is 10.1 Å². The quantitative estimate of drug-likeness (QED) is 0.703.